The number of nitrogens with one attached hydrogen (secondary N) is 2. The number of aromatic nitrogens is 2. The topological polar surface area (TPSA) is 80.5 Å². The molecule has 0 unspecified atom stereocenters. The van der Waals surface area contributed by atoms with Crippen LogP contribution in [0.5, 0.6) is 5.75 Å². The Bertz CT molecular complexity index is 979. The summed E-state index contributed by atoms with van der Waals surface area (Å²) in [7, 11) is 1.59. The number of amides is 1. The molecule has 130 valence electrons. The Hall–Kier alpha value is -3.61. The molecule has 1 amide bonds. The normalized spacial score (nSPS) is 12.2. The van der Waals surface area contributed by atoms with E-state index in [0.717, 1.165) is 17.1 Å². The van der Waals surface area contributed by atoms with E-state index in [0.29, 0.717) is 23.5 Å². The van der Waals surface area contributed by atoms with Crippen molar-refractivity contribution in [3.8, 4) is 11.4 Å². The molecule has 0 saturated carbocycles. The molecule has 0 atom stereocenters. The molecule has 2 heterocycles. The maximum Gasteiger partial charge on any atom is 0.257 e. The minimum atomic E-state index is -0.220. The zero-order valence-corrected chi connectivity index (χ0v) is 14.1. The largest absolute Gasteiger partial charge is 0.497 e. The van der Waals surface area contributed by atoms with Gasteiger partial charge in [0.15, 0.2) is 0 Å². The van der Waals surface area contributed by atoms with Crippen molar-refractivity contribution in [2.24, 2.45) is 4.99 Å². The molecule has 0 bridgehead atoms. The third kappa shape index (κ3) is 2.90. The first-order valence-corrected chi connectivity index (χ1v) is 8.13. The van der Waals surface area contributed by atoms with Crippen LogP contribution in [0.3, 0.4) is 0 Å². The molecule has 3 aromatic rings. The van der Waals surface area contributed by atoms with E-state index < -0.39 is 0 Å². The molecule has 1 aliphatic heterocycles. The van der Waals surface area contributed by atoms with Gasteiger partial charge in [-0.1, -0.05) is 18.2 Å². The quantitative estimate of drug-likeness (QED) is 0.760. The number of benzene rings is 2. The van der Waals surface area contributed by atoms with E-state index in [1.54, 1.807) is 42.5 Å². The summed E-state index contributed by atoms with van der Waals surface area (Å²) >= 11 is 0. The molecule has 0 radical (unpaired) electrons. The lowest BCUT2D eigenvalue weighted by atomic mass is 10.1. The smallest absolute Gasteiger partial charge is 0.257 e. The fraction of sp³-hybridized carbons (Fsp3) is 0.105. The van der Waals surface area contributed by atoms with Gasteiger partial charge in [-0.25, -0.2) is 4.68 Å². The molecule has 0 fully saturated rings. The molecule has 0 saturated heterocycles. The maximum absolute atomic E-state index is 12.9. The fourth-order valence-corrected chi connectivity index (χ4v) is 2.81. The summed E-state index contributed by atoms with van der Waals surface area (Å²) in [6.45, 7) is 0.553. The minimum Gasteiger partial charge on any atom is -0.497 e. The number of rotatable bonds is 4. The summed E-state index contributed by atoms with van der Waals surface area (Å²) in [5.74, 6) is 1.22. The van der Waals surface area contributed by atoms with Gasteiger partial charge in [0.05, 0.1) is 37.4 Å². The predicted octanol–water partition coefficient (Wildman–Crippen LogP) is 3.09. The van der Waals surface area contributed by atoms with Crippen molar-refractivity contribution < 1.29 is 9.53 Å². The molecule has 0 aliphatic carbocycles. The summed E-state index contributed by atoms with van der Waals surface area (Å²) in [4.78, 5) is 17.0. The third-order valence-corrected chi connectivity index (χ3v) is 4.11. The molecule has 7 heteroatoms. The Balaban J connectivity index is 1.76. The van der Waals surface area contributed by atoms with Crippen LogP contribution in [-0.4, -0.2) is 29.1 Å². The Morgan fingerprint density at radius 3 is 2.88 bits per heavy atom. The van der Waals surface area contributed by atoms with E-state index >= 15 is 0 Å². The monoisotopic (exact) mass is 347 g/mol. The van der Waals surface area contributed by atoms with Gasteiger partial charge in [0.25, 0.3) is 5.91 Å². The van der Waals surface area contributed by atoms with Gasteiger partial charge in [0, 0.05) is 17.3 Å². The van der Waals surface area contributed by atoms with E-state index in [4.69, 9.17) is 4.74 Å². The zero-order valence-electron chi connectivity index (χ0n) is 14.1. The van der Waals surface area contributed by atoms with Gasteiger partial charge in [-0.15, -0.1) is 0 Å². The second kappa shape index (κ2) is 6.72. The lowest BCUT2D eigenvalue weighted by Crippen LogP contribution is -2.17. The standard InChI is InChI=1S/C19H17N5O2/c1-26-15-7-8-16(19(25)23-14-5-3-2-4-6-14)17(9-15)24-18-13(11-22-24)10-20-12-21-18/h2-9,11-12H,10H2,1H3,(H,20,21)(H,23,25). The summed E-state index contributed by atoms with van der Waals surface area (Å²) in [5, 5.41) is 10.4. The lowest BCUT2D eigenvalue weighted by Gasteiger charge is -2.15. The van der Waals surface area contributed by atoms with Crippen molar-refractivity contribution in [1.82, 2.24) is 9.78 Å². The molecule has 7 nitrogen and oxygen atoms in total. The first-order valence-electron chi connectivity index (χ1n) is 8.13. The summed E-state index contributed by atoms with van der Waals surface area (Å²) < 4.78 is 7.03. The molecule has 4 rings (SSSR count). The lowest BCUT2D eigenvalue weighted by molar-refractivity contribution is 0.102. The van der Waals surface area contributed by atoms with Crippen LogP contribution in [0.4, 0.5) is 11.5 Å². The summed E-state index contributed by atoms with van der Waals surface area (Å²) in [6.07, 6.45) is 3.38. The highest BCUT2D eigenvalue weighted by Gasteiger charge is 2.20. The van der Waals surface area contributed by atoms with E-state index in [2.05, 4.69) is 20.7 Å². The highest BCUT2D eigenvalue weighted by molar-refractivity contribution is 6.07. The Labute approximate surface area is 150 Å². The number of aliphatic imine (C=N–C) groups is 1. The van der Waals surface area contributed by atoms with Gasteiger partial charge in [-0.05, 0) is 24.3 Å². The Morgan fingerprint density at radius 1 is 1.23 bits per heavy atom. The molecule has 0 spiro atoms. The van der Waals surface area contributed by atoms with E-state index in [1.807, 2.05) is 30.3 Å². The van der Waals surface area contributed by atoms with Gasteiger partial charge in [-0.3, -0.25) is 9.79 Å². The third-order valence-electron chi connectivity index (χ3n) is 4.11. The average Bonchev–Trinajstić information content (AvgIpc) is 3.12. The zero-order chi connectivity index (χ0) is 17.9. The van der Waals surface area contributed by atoms with Gasteiger partial charge >= 0.3 is 0 Å². The predicted molar refractivity (Wildman–Crippen MR) is 100 cm³/mol. The average molecular weight is 347 g/mol. The molecule has 2 N–H and O–H groups in total. The second-order valence-corrected chi connectivity index (χ2v) is 5.75. The molecule has 1 aromatic heterocycles. The van der Waals surface area contributed by atoms with Crippen molar-refractivity contribution in [3.63, 3.8) is 0 Å². The highest BCUT2D eigenvalue weighted by Crippen LogP contribution is 2.28. The number of ether oxygens (including phenoxy) is 1. The number of para-hydroxylation sites is 1. The van der Waals surface area contributed by atoms with Crippen LogP contribution >= 0.6 is 0 Å². The number of nitrogens with zero attached hydrogens (tertiary/aromatic N) is 3. The van der Waals surface area contributed by atoms with Crippen molar-refractivity contribution in [2.75, 3.05) is 17.7 Å². The van der Waals surface area contributed by atoms with Gasteiger partial charge < -0.3 is 15.4 Å². The molecular formula is C19H17N5O2. The molecule has 2 aromatic carbocycles. The SMILES string of the molecule is COc1ccc(C(=O)Nc2ccccc2)c(-n2ncc3c2NC=NC3)c1. The van der Waals surface area contributed by atoms with Crippen LogP contribution in [0.1, 0.15) is 15.9 Å². The molecule has 26 heavy (non-hydrogen) atoms. The molecule has 1 aliphatic rings. The Morgan fingerprint density at radius 2 is 2.08 bits per heavy atom. The van der Waals surface area contributed by atoms with Gasteiger partial charge in [0.2, 0.25) is 0 Å². The van der Waals surface area contributed by atoms with Gasteiger partial charge in [0.1, 0.15) is 11.6 Å². The number of anilines is 2. The number of carbonyl (C=O) groups excluding carboxylic acids is 1. The number of carbonyl (C=O) groups is 1. The van der Waals surface area contributed by atoms with Crippen LogP contribution in [0.2, 0.25) is 0 Å². The Kier molecular flexibility index (Phi) is 4.10. The van der Waals surface area contributed by atoms with Gasteiger partial charge in [-0.2, -0.15) is 5.10 Å². The van der Waals surface area contributed by atoms with Crippen LogP contribution < -0.4 is 15.4 Å². The number of hydrogen-bond donors (Lipinski definition) is 2. The van der Waals surface area contributed by atoms with E-state index in [1.165, 1.54) is 0 Å². The number of fused-ring (bicyclic) bond motifs is 1. The van der Waals surface area contributed by atoms with Crippen LogP contribution in [0.15, 0.2) is 59.7 Å². The molecular weight excluding hydrogens is 330 g/mol. The van der Waals surface area contributed by atoms with Crippen molar-refractivity contribution >= 4 is 23.8 Å². The van der Waals surface area contributed by atoms with E-state index in [-0.39, 0.29) is 5.91 Å². The number of hydrogen-bond acceptors (Lipinski definition) is 5. The van der Waals surface area contributed by atoms with E-state index in [9.17, 15) is 4.79 Å². The van der Waals surface area contributed by atoms with Crippen LogP contribution in [-0.2, 0) is 6.54 Å². The first kappa shape index (κ1) is 15.9. The highest BCUT2D eigenvalue weighted by atomic mass is 16.5. The minimum absolute atomic E-state index is 0.220. The van der Waals surface area contributed by atoms with Crippen LogP contribution in [0, 0.1) is 0 Å². The van der Waals surface area contributed by atoms with Crippen molar-refractivity contribution in [3.05, 3.63) is 65.9 Å². The second-order valence-electron chi connectivity index (χ2n) is 5.75. The summed E-state index contributed by atoms with van der Waals surface area (Å²) in [6, 6.07) is 14.6. The van der Waals surface area contributed by atoms with Crippen LogP contribution in [0.25, 0.3) is 5.69 Å². The first-order chi connectivity index (χ1) is 12.8. The maximum atomic E-state index is 12.9. The summed E-state index contributed by atoms with van der Waals surface area (Å²) in [5.41, 5.74) is 2.81. The fourth-order valence-electron chi connectivity index (χ4n) is 2.81. The van der Waals surface area contributed by atoms with Crippen molar-refractivity contribution in [1.29, 1.82) is 0 Å². The van der Waals surface area contributed by atoms with Crippen molar-refractivity contribution in [2.45, 2.75) is 6.54 Å². The number of methoxy groups -OCH3 is 1.